The zero-order valence-electron chi connectivity index (χ0n) is 20.1. The number of hydrogen-bond acceptors (Lipinski definition) is 5. The van der Waals surface area contributed by atoms with Gasteiger partial charge in [-0.25, -0.2) is 5.43 Å². The lowest BCUT2D eigenvalue weighted by Crippen LogP contribution is -2.37. The van der Waals surface area contributed by atoms with Crippen molar-refractivity contribution in [2.24, 2.45) is 5.10 Å². The average molecular weight is 514 g/mol. The van der Waals surface area contributed by atoms with Crippen LogP contribution in [-0.2, 0) is 11.4 Å². The minimum atomic E-state index is -0.401. The normalized spacial score (nSPS) is 12.4. The molecule has 0 saturated carbocycles. The van der Waals surface area contributed by atoms with Crippen molar-refractivity contribution in [3.8, 4) is 11.5 Å². The zero-order chi connectivity index (χ0) is 25.8. The Hall–Kier alpha value is -4.36. The highest BCUT2D eigenvalue weighted by Crippen LogP contribution is 2.36. The van der Waals surface area contributed by atoms with Crippen molar-refractivity contribution >= 4 is 46.1 Å². The second-order valence-corrected chi connectivity index (χ2v) is 8.86. The lowest BCUT2D eigenvalue weighted by atomic mass is 10.1. The Labute approximate surface area is 219 Å². The van der Waals surface area contributed by atoms with Gasteiger partial charge in [0.05, 0.1) is 18.5 Å². The van der Waals surface area contributed by atoms with Crippen LogP contribution in [0.4, 0.5) is 5.69 Å². The summed E-state index contributed by atoms with van der Waals surface area (Å²) >= 11 is 5.94. The third kappa shape index (κ3) is 5.27. The first kappa shape index (κ1) is 24.3. The molecular formula is C29H24ClN3O4. The van der Waals surface area contributed by atoms with E-state index in [4.69, 9.17) is 21.1 Å². The largest absolute Gasteiger partial charge is 0.490 e. The number of anilines is 1. The van der Waals surface area contributed by atoms with E-state index in [2.05, 4.69) is 10.5 Å². The van der Waals surface area contributed by atoms with Crippen molar-refractivity contribution < 1.29 is 19.1 Å². The SMILES string of the molecule is CCOc1cc(/C=N/NC(=O)CN2C(=O)c3cccc4cccc2c34)ccc1OCc1ccc(Cl)cc1. The molecule has 37 heavy (non-hydrogen) atoms. The zero-order valence-corrected chi connectivity index (χ0v) is 20.9. The molecule has 8 heteroatoms. The maximum Gasteiger partial charge on any atom is 0.260 e. The number of halogens is 1. The number of rotatable bonds is 9. The molecule has 1 N–H and O–H groups in total. The monoisotopic (exact) mass is 513 g/mol. The van der Waals surface area contributed by atoms with Crippen LogP contribution < -0.4 is 19.8 Å². The van der Waals surface area contributed by atoms with Crippen molar-refractivity contribution in [1.29, 1.82) is 0 Å². The number of ether oxygens (including phenoxy) is 2. The highest BCUT2D eigenvalue weighted by Gasteiger charge is 2.30. The van der Waals surface area contributed by atoms with Gasteiger partial charge in [0.15, 0.2) is 11.5 Å². The molecule has 1 aliphatic rings. The van der Waals surface area contributed by atoms with E-state index in [9.17, 15) is 9.59 Å². The number of carbonyl (C=O) groups is 2. The van der Waals surface area contributed by atoms with Crippen LogP contribution in [0.3, 0.4) is 0 Å². The summed E-state index contributed by atoms with van der Waals surface area (Å²) in [5.41, 5.74) is 5.54. The van der Waals surface area contributed by atoms with Crippen molar-refractivity contribution in [2.45, 2.75) is 13.5 Å². The second kappa shape index (κ2) is 10.7. The number of benzene rings is 4. The molecular weight excluding hydrogens is 490 g/mol. The maximum absolute atomic E-state index is 12.9. The minimum Gasteiger partial charge on any atom is -0.490 e. The van der Waals surface area contributed by atoms with Crippen LogP contribution in [0.5, 0.6) is 11.5 Å². The van der Waals surface area contributed by atoms with Crippen LogP contribution in [0, 0.1) is 0 Å². The van der Waals surface area contributed by atoms with Gasteiger partial charge in [-0.2, -0.15) is 5.10 Å². The molecule has 4 aromatic carbocycles. The van der Waals surface area contributed by atoms with Crippen LogP contribution in [0.1, 0.15) is 28.4 Å². The smallest absolute Gasteiger partial charge is 0.260 e. The molecule has 186 valence electrons. The topological polar surface area (TPSA) is 80.2 Å². The van der Waals surface area contributed by atoms with E-state index in [1.165, 1.54) is 11.1 Å². The first-order valence-corrected chi connectivity index (χ1v) is 12.2. The molecule has 0 aliphatic carbocycles. The molecule has 7 nitrogen and oxygen atoms in total. The number of hydrazone groups is 1. The Kier molecular flexibility index (Phi) is 7.05. The molecule has 0 spiro atoms. The molecule has 4 aromatic rings. The van der Waals surface area contributed by atoms with Crippen molar-refractivity contribution in [3.63, 3.8) is 0 Å². The lowest BCUT2D eigenvalue weighted by molar-refractivity contribution is -0.119. The van der Waals surface area contributed by atoms with E-state index in [-0.39, 0.29) is 12.5 Å². The standard InChI is InChI=1S/C29H24ClN3O4/c1-2-36-26-15-20(11-14-25(26)37-18-19-9-12-22(30)13-10-19)16-31-32-27(34)17-33-24-8-4-6-21-5-3-7-23(28(21)24)29(33)35/h3-16H,2,17-18H2,1H3,(H,32,34)/b31-16+. The van der Waals surface area contributed by atoms with Crippen LogP contribution in [0.25, 0.3) is 10.8 Å². The molecule has 1 aliphatic heterocycles. The highest BCUT2D eigenvalue weighted by molar-refractivity contribution is 6.30. The molecule has 0 unspecified atom stereocenters. The summed E-state index contributed by atoms with van der Waals surface area (Å²) in [7, 11) is 0. The highest BCUT2D eigenvalue weighted by atomic mass is 35.5. The first-order chi connectivity index (χ1) is 18.0. The third-order valence-corrected chi connectivity index (χ3v) is 6.18. The fourth-order valence-electron chi connectivity index (χ4n) is 4.23. The van der Waals surface area contributed by atoms with Gasteiger partial charge in [0.25, 0.3) is 11.8 Å². The van der Waals surface area contributed by atoms with Gasteiger partial charge in [-0.3, -0.25) is 14.5 Å². The predicted molar refractivity (Wildman–Crippen MR) is 145 cm³/mol. The summed E-state index contributed by atoms with van der Waals surface area (Å²) in [5, 5.41) is 6.57. The maximum atomic E-state index is 12.9. The summed E-state index contributed by atoms with van der Waals surface area (Å²) in [4.78, 5) is 26.9. The Morgan fingerprint density at radius 3 is 2.57 bits per heavy atom. The van der Waals surface area contributed by atoms with E-state index in [1.54, 1.807) is 18.2 Å². The van der Waals surface area contributed by atoms with E-state index < -0.39 is 5.91 Å². The number of carbonyl (C=O) groups excluding carboxylic acids is 2. The molecule has 0 saturated heterocycles. The van der Waals surface area contributed by atoms with Gasteiger partial charge in [0, 0.05) is 16.0 Å². The Balaban J connectivity index is 1.22. The number of nitrogens with one attached hydrogen (secondary N) is 1. The second-order valence-electron chi connectivity index (χ2n) is 8.42. The van der Waals surface area contributed by atoms with Gasteiger partial charge >= 0.3 is 0 Å². The molecule has 0 fully saturated rings. The Morgan fingerprint density at radius 1 is 1.00 bits per heavy atom. The quantitative estimate of drug-likeness (QED) is 0.234. The lowest BCUT2D eigenvalue weighted by Gasteiger charge is -2.16. The van der Waals surface area contributed by atoms with E-state index in [0.29, 0.717) is 35.3 Å². The molecule has 0 aromatic heterocycles. The van der Waals surface area contributed by atoms with Crippen LogP contribution in [0.2, 0.25) is 5.02 Å². The summed E-state index contributed by atoms with van der Waals surface area (Å²) in [6.07, 6.45) is 1.52. The summed E-state index contributed by atoms with van der Waals surface area (Å²) in [5.74, 6) is 0.573. The van der Waals surface area contributed by atoms with E-state index in [0.717, 1.165) is 27.6 Å². The van der Waals surface area contributed by atoms with Crippen molar-refractivity contribution in [3.05, 3.63) is 101 Å². The van der Waals surface area contributed by atoms with Gasteiger partial charge in [-0.15, -0.1) is 0 Å². The molecule has 0 bridgehead atoms. The van der Waals surface area contributed by atoms with Crippen LogP contribution in [-0.4, -0.2) is 31.2 Å². The average Bonchev–Trinajstić information content (AvgIpc) is 3.17. The fraction of sp³-hybridized carbons (Fsp3) is 0.138. The molecule has 5 rings (SSSR count). The number of hydrogen-bond donors (Lipinski definition) is 1. The van der Waals surface area contributed by atoms with Crippen LogP contribution >= 0.6 is 11.6 Å². The van der Waals surface area contributed by atoms with Crippen molar-refractivity contribution in [2.75, 3.05) is 18.1 Å². The number of nitrogens with zero attached hydrogens (tertiary/aromatic N) is 2. The van der Waals surface area contributed by atoms with E-state index in [1.807, 2.05) is 67.6 Å². The van der Waals surface area contributed by atoms with Gasteiger partial charge < -0.3 is 9.47 Å². The summed E-state index contributed by atoms with van der Waals surface area (Å²) in [6, 6.07) is 24.1. The van der Waals surface area contributed by atoms with Crippen LogP contribution in [0.15, 0.2) is 84.0 Å². The van der Waals surface area contributed by atoms with Gasteiger partial charge in [0.1, 0.15) is 13.2 Å². The Bertz CT molecular complexity index is 1500. The van der Waals surface area contributed by atoms with Gasteiger partial charge in [0.2, 0.25) is 0 Å². The van der Waals surface area contributed by atoms with Gasteiger partial charge in [-0.05, 0) is 65.9 Å². The van der Waals surface area contributed by atoms with Gasteiger partial charge in [-0.1, -0.05) is 48.0 Å². The summed E-state index contributed by atoms with van der Waals surface area (Å²) < 4.78 is 11.7. The molecule has 1 heterocycles. The van der Waals surface area contributed by atoms with Crippen molar-refractivity contribution in [1.82, 2.24) is 5.43 Å². The number of amides is 2. The predicted octanol–water partition coefficient (Wildman–Crippen LogP) is 5.58. The first-order valence-electron chi connectivity index (χ1n) is 11.8. The molecule has 0 radical (unpaired) electrons. The third-order valence-electron chi connectivity index (χ3n) is 5.93. The molecule has 0 atom stereocenters. The fourth-order valence-corrected chi connectivity index (χ4v) is 4.35. The molecule has 2 amide bonds. The minimum absolute atomic E-state index is 0.133. The summed E-state index contributed by atoms with van der Waals surface area (Å²) in [6.45, 7) is 2.59. The van der Waals surface area contributed by atoms with E-state index >= 15 is 0 Å². The Morgan fingerprint density at radius 2 is 1.78 bits per heavy atom.